The third-order valence-corrected chi connectivity index (χ3v) is 3.95. The van der Waals surface area contributed by atoms with Crippen LogP contribution in [0, 0.1) is 5.92 Å². The van der Waals surface area contributed by atoms with E-state index in [1.165, 1.54) is 6.33 Å². The molecule has 1 aromatic heterocycles. The lowest BCUT2D eigenvalue weighted by Gasteiger charge is -2.38. The summed E-state index contributed by atoms with van der Waals surface area (Å²) < 4.78 is 1.56. The van der Waals surface area contributed by atoms with Crippen LogP contribution in [0.1, 0.15) is 32.6 Å². The fraction of sp³-hybridized carbons (Fsp3) is 0.700. The van der Waals surface area contributed by atoms with E-state index in [1.807, 2.05) is 0 Å². The second-order valence-electron chi connectivity index (χ2n) is 4.61. The van der Waals surface area contributed by atoms with E-state index in [2.05, 4.69) is 17.1 Å². The average molecular weight is 240 g/mol. The largest absolute Gasteiger partial charge is 0.391 e. The van der Waals surface area contributed by atoms with E-state index in [1.54, 1.807) is 4.57 Å². The van der Waals surface area contributed by atoms with Gasteiger partial charge in [-0.15, -0.1) is 0 Å². The van der Waals surface area contributed by atoms with Crippen LogP contribution in [0.4, 0.5) is 0 Å². The van der Waals surface area contributed by atoms with Crippen LogP contribution in [0.15, 0.2) is 11.1 Å². The standard InChI is InChI=1S/C10H16N4OS/c1-7-2-4-10(5-3-7,8(11)16)14-6-12-13-9(14)15/h6-7H,2-5H2,1H3,(H2,11,16)(H,13,15). The minimum absolute atomic E-state index is 0.234. The normalized spacial score (nSPS) is 30.2. The zero-order chi connectivity index (χ0) is 11.8. The Morgan fingerprint density at radius 1 is 1.69 bits per heavy atom. The monoisotopic (exact) mass is 240 g/mol. The third kappa shape index (κ3) is 1.67. The van der Waals surface area contributed by atoms with E-state index in [-0.39, 0.29) is 5.69 Å². The van der Waals surface area contributed by atoms with Crippen molar-refractivity contribution in [1.82, 2.24) is 14.8 Å². The molecule has 0 saturated heterocycles. The fourth-order valence-corrected chi connectivity index (χ4v) is 2.70. The van der Waals surface area contributed by atoms with Gasteiger partial charge in [0, 0.05) is 0 Å². The Morgan fingerprint density at radius 3 is 2.75 bits per heavy atom. The smallest absolute Gasteiger partial charge is 0.343 e. The molecule has 6 heteroatoms. The van der Waals surface area contributed by atoms with Crippen LogP contribution in [0.3, 0.4) is 0 Å². The number of H-pyrrole nitrogens is 1. The van der Waals surface area contributed by atoms with Crippen LogP contribution < -0.4 is 11.4 Å². The van der Waals surface area contributed by atoms with Crippen LogP contribution in [0.2, 0.25) is 0 Å². The lowest BCUT2D eigenvalue weighted by atomic mass is 9.77. The first-order valence-electron chi connectivity index (χ1n) is 5.49. The number of nitrogens with two attached hydrogens (primary N) is 1. The van der Waals surface area contributed by atoms with Gasteiger partial charge >= 0.3 is 5.69 Å². The molecule has 1 fully saturated rings. The Labute approximate surface area is 99.0 Å². The van der Waals surface area contributed by atoms with Gasteiger partial charge in [-0.05, 0) is 31.6 Å². The SMILES string of the molecule is CC1CCC(C(N)=S)(n2cn[nH]c2=O)CC1. The predicted octanol–water partition coefficient (Wildman–Crippen LogP) is 0.763. The first kappa shape index (κ1) is 11.3. The predicted molar refractivity (Wildman–Crippen MR) is 65.2 cm³/mol. The van der Waals surface area contributed by atoms with E-state index < -0.39 is 5.54 Å². The molecule has 3 N–H and O–H groups in total. The summed E-state index contributed by atoms with van der Waals surface area (Å²) in [6, 6.07) is 0. The van der Waals surface area contributed by atoms with Gasteiger partial charge in [0.05, 0.1) is 4.99 Å². The van der Waals surface area contributed by atoms with Crippen LogP contribution in [0.25, 0.3) is 0 Å². The highest BCUT2D eigenvalue weighted by atomic mass is 32.1. The topological polar surface area (TPSA) is 76.7 Å². The Kier molecular flexibility index (Phi) is 2.84. The van der Waals surface area contributed by atoms with Crippen molar-refractivity contribution in [2.45, 2.75) is 38.1 Å². The molecule has 16 heavy (non-hydrogen) atoms. The van der Waals surface area contributed by atoms with E-state index in [9.17, 15) is 4.79 Å². The second kappa shape index (κ2) is 4.01. The second-order valence-corrected chi connectivity index (χ2v) is 5.05. The molecule has 0 aliphatic heterocycles. The van der Waals surface area contributed by atoms with E-state index in [0.717, 1.165) is 25.7 Å². The minimum atomic E-state index is -0.508. The van der Waals surface area contributed by atoms with Gasteiger partial charge in [-0.2, -0.15) is 5.10 Å². The molecular formula is C10H16N4OS. The van der Waals surface area contributed by atoms with Crippen molar-refractivity contribution in [1.29, 1.82) is 0 Å². The van der Waals surface area contributed by atoms with E-state index in [0.29, 0.717) is 10.9 Å². The number of rotatable bonds is 2. The molecule has 1 aliphatic rings. The Bertz CT molecular complexity index is 442. The van der Waals surface area contributed by atoms with Gasteiger partial charge in [-0.1, -0.05) is 19.1 Å². The number of thiocarbonyl (C=S) groups is 1. The highest BCUT2D eigenvalue weighted by Crippen LogP contribution is 2.36. The molecule has 0 aromatic carbocycles. The molecule has 1 heterocycles. The number of nitrogens with one attached hydrogen (secondary N) is 1. The summed E-state index contributed by atoms with van der Waals surface area (Å²) in [5.74, 6) is 0.671. The number of hydrogen-bond donors (Lipinski definition) is 2. The summed E-state index contributed by atoms with van der Waals surface area (Å²) in [5.41, 5.74) is 5.10. The molecule has 5 nitrogen and oxygen atoms in total. The quantitative estimate of drug-likeness (QED) is 0.748. The molecule has 1 aliphatic carbocycles. The van der Waals surface area contributed by atoms with Crippen molar-refractivity contribution in [3.05, 3.63) is 16.8 Å². The first-order chi connectivity index (χ1) is 7.56. The Morgan fingerprint density at radius 2 is 2.31 bits per heavy atom. The van der Waals surface area contributed by atoms with Crippen molar-refractivity contribution in [2.24, 2.45) is 11.7 Å². The maximum absolute atomic E-state index is 11.6. The molecule has 1 aromatic rings. The van der Waals surface area contributed by atoms with Crippen molar-refractivity contribution >= 4 is 17.2 Å². The van der Waals surface area contributed by atoms with Gasteiger partial charge in [0.25, 0.3) is 0 Å². The molecule has 0 spiro atoms. The summed E-state index contributed by atoms with van der Waals surface area (Å²) in [6.07, 6.45) is 5.22. The number of aromatic nitrogens is 3. The van der Waals surface area contributed by atoms with Crippen molar-refractivity contribution < 1.29 is 0 Å². The summed E-state index contributed by atoms with van der Waals surface area (Å²) in [6.45, 7) is 2.21. The maximum atomic E-state index is 11.6. The van der Waals surface area contributed by atoms with Crippen LogP contribution in [0.5, 0.6) is 0 Å². The van der Waals surface area contributed by atoms with Crippen molar-refractivity contribution in [2.75, 3.05) is 0 Å². The highest BCUT2D eigenvalue weighted by Gasteiger charge is 2.39. The van der Waals surface area contributed by atoms with Crippen molar-refractivity contribution in [3.8, 4) is 0 Å². The van der Waals surface area contributed by atoms with Crippen LogP contribution in [-0.2, 0) is 5.54 Å². The van der Waals surface area contributed by atoms with Gasteiger partial charge in [0.1, 0.15) is 11.9 Å². The molecular weight excluding hydrogens is 224 g/mol. The molecule has 0 unspecified atom stereocenters. The summed E-state index contributed by atoms with van der Waals surface area (Å²) >= 11 is 5.15. The first-order valence-corrected chi connectivity index (χ1v) is 5.89. The van der Waals surface area contributed by atoms with Gasteiger partial charge in [-0.25, -0.2) is 9.89 Å². The molecule has 0 amide bonds. The number of aromatic amines is 1. The van der Waals surface area contributed by atoms with E-state index in [4.69, 9.17) is 18.0 Å². The fourth-order valence-electron chi connectivity index (χ4n) is 2.40. The maximum Gasteiger partial charge on any atom is 0.343 e. The molecule has 1 saturated carbocycles. The van der Waals surface area contributed by atoms with Gasteiger partial charge in [-0.3, -0.25) is 4.57 Å². The molecule has 88 valence electrons. The Balaban J connectivity index is 2.41. The molecule has 0 atom stereocenters. The average Bonchev–Trinajstić information content (AvgIpc) is 2.66. The Hall–Kier alpha value is -1.17. The summed E-state index contributed by atoms with van der Waals surface area (Å²) in [7, 11) is 0. The van der Waals surface area contributed by atoms with Gasteiger partial charge in [0.15, 0.2) is 0 Å². The van der Waals surface area contributed by atoms with Gasteiger partial charge in [0.2, 0.25) is 0 Å². The number of nitrogens with zero attached hydrogens (tertiary/aromatic N) is 2. The van der Waals surface area contributed by atoms with Crippen LogP contribution in [-0.4, -0.2) is 19.8 Å². The highest BCUT2D eigenvalue weighted by molar-refractivity contribution is 7.80. The van der Waals surface area contributed by atoms with Crippen molar-refractivity contribution in [3.63, 3.8) is 0 Å². The van der Waals surface area contributed by atoms with Crippen LogP contribution >= 0.6 is 12.2 Å². The summed E-state index contributed by atoms with van der Waals surface area (Å²) in [4.78, 5) is 12.0. The summed E-state index contributed by atoms with van der Waals surface area (Å²) in [5, 5.41) is 6.15. The number of hydrogen-bond acceptors (Lipinski definition) is 3. The molecule has 0 bridgehead atoms. The minimum Gasteiger partial charge on any atom is -0.391 e. The molecule has 2 rings (SSSR count). The lowest BCUT2D eigenvalue weighted by Crippen LogP contribution is -2.51. The third-order valence-electron chi connectivity index (χ3n) is 3.57. The molecule has 0 radical (unpaired) electrons. The van der Waals surface area contributed by atoms with Gasteiger partial charge < -0.3 is 5.73 Å². The zero-order valence-electron chi connectivity index (χ0n) is 9.27. The zero-order valence-corrected chi connectivity index (χ0v) is 10.1. The van der Waals surface area contributed by atoms with E-state index >= 15 is 0 Å². The lowest BCUT2D eigenvalue weighted by molar-refractivity contribution is 0.230.